The third-order valence-corrected chi connectivity index (χ3v) is 0.422. The predicted octanol–water partition coefficient (Wildman–Crippen LogP) is -1.06. The summed E-state index contributed by atoms with van der Waals surface area (Å²) in [6, 6.07) is 0. The summed E-state index contributed by atoms with van der Waals surface area (Å²) in [5.41, 5.74) is 4.50. The van der Waals surface area contributed by atoms with E-state index < -0.39 is 6.61 Å². The van der Waals surface area contributed by atoms with E-state index in [0.29, 0.717) is 0 Å². The number of amides is 1. The maximum absolute atomic E-state index is 9.82. The van der Waals surface area contributed by atoms with Crippen molar-refractivity contribution < 1.29 is 9.90 Å². The minimum atomic E-state index is -0.420. The first-order valence-corrected chi connectivity index (χ1v) is 2.20. The lowest BCUT2D eigenvalue weighted by molar-refractivity contribution is -0.123. The maximum Gasteiger partial charge on any atom is 0.245 e. The van der Waals surface area contributed by atoms with Gasteiger partial charge in [0.2, 0.25) is 5.91 Å². The number of nitrogens with two attached hydrogens (primary N) is 1. The Hall–Kier alpha value is -0.610. The van der Waals surface area contributed by atoms with Crippen molar-refractivity contribution in [3.8, 4) is 0 Å². The van der Waals surface area contributed by atoms with Crippen LogP contribution in [0.2, 0.25) is 0 Å². The topological polar surface area (TPSA) is 75.3 Å². The van der Waals surface area contributed by atoms with Crippen LogP contribution < -0.4 is 11.1 Å². The lowest BCUT2D eigenvalue weighted by Gasteiger charge is -1.86. The highest BCUT2D eigenvalue weighted by Crippen LogP contribution is 1.51. The number of aliphatic hydroxyl groups excluding tert-OH is 1. The van der Waals surface area contributed by atoms with Gasteiger partial charge in [0.15, 0.2) is 0 Å². The molecular weight excluding hydrogens is 120 g/mol. The van der Waals surface area contributed by atoms with E-state index >= 15 is 0 Å². The summed E-state index contributed by atoms with van der Waals surface area (Å²) in [5.74, 6) is -0.352. The summed E-state index contributed by atoms with van der Waals surface area (Å²) in [4.78, 5) is 9.82. The van der Waals surface area contributed by atoms with Crippen LogP contribution in [0.15, 0.2) is 0 Å². The van der Waals surface area contributed by atoms with Crippen LogP contribution in [0.4, 0.5) is 0 Å². The van der Waals surface area contributed by atoms with Crippen LogP contribution >= 0.6 is 0 Å². The molecule has 0 fully saturated rings. The zero-order chi connectivity index (χ0) is 6.99. The number of aliphatic hydroxyl groups is 1. The third kappa shape index (κ3) is 18.7. The Morgan fingerprint density at radius 3 is 2.00 bits per heavy atom. The van der Waals surface area contributed by atoms with Gasteiger partial charge in [-0.1, -0.05) is 7.43 Å². The molecule has 0 aromatic heterocycles. The molecule has 0 aliphatic heterocycles. The van der Waals surface area contributed by atoms with Gasteiger partial charge in [-0.25, -0.2) is 0 Å². The minimum Gasteiger partial charge on any atom is -0.387 e. The average Bonchev–Trinajstić information content (AvgIpc) is 1.91. The lowest BCUT2D eigenvalue weighted by atomic mass is 10.7. The summed E-state index contributed by atoms with van der Waals surface area (Å²) in [5, 5.41) is 10.1. The molecule has 0 unspecified atom stereocenters. The van der Waals surface area contributed by atoms with E-state index in [-0.39, 0.29) is 13.3 Å². The second-order valence-electron chi connectivity index (χ2n) is 0.831. The van der Waals surface area contributed by atoms with Gasteiger partial charge in [0.1, 0.15) is 6.61 Å². The molecular formula is C5H16N2O2. The first-order valence-electron chi connectivity index (χ1n) is 2.20. The van der Waals surface area contributed by atoms with E-state index in [9.17, 15) is 4.79 Å². The summed E-state index contributed by atoms with van der Waals surface area (Å²) in [6.45, 7) is -0.420. The van der Waals surface area contributed by atoms with Crippen LogP contribution in [0.1, 0.15) is 7.43 Å². The van der Waals surface area contributed by atoms with Crippen molar-refractivity contribution >= 4 is 5.91 Å². The van der Waals surface area contributed by atoms with Gasteiger partial charge in [0, 0.05) is 7.05 Å². The molecule has 0 spiro atoms. The van der Waals surface area contributed by atoms with E-state index in [1.54, 1.807) is 0 Å². The number of hydrogen-bond acceptors (Lipinski definition) is 3. The second kappa shape index (κ2) is 15.7. The molecule has 0 aliphatic carbocycles. The number of hydrogen-bond donors (Lipinski definition) is 3. The number of rotatable bonds is 1. The van der Waals surface area contributed by atoms with E-state index in [0.717, 1.165) is 0 Å². The van der Waals surface area contributed by atoms with Crippen molar-refractivity contribution in [2.24, 2.45) is 5.73 Å². The molecule has 0 bridgehead atoms. The molecule has 0 aliphatic rings. The van der Waals surface area contributed by atoms with Crippen LogP contribution in [-0.4, -0.2) is 31.7 Å². The molecule has 4 N–H and O–H groups in total. The van der Waals surface area contributed by atoms with Crippen molar-refractivity contribution in [3.63, 3.8) is 0 Å². The van der Waals surface area contributed by atoms with Crippen LogP contribution in [0.25, 0.3) is 0 Å². The highest BCUT2D eigenvalue weighted by atomic mass is 16.3. The molecule has 0 rings (SSSR count). The number of carbonyl (C=O) groups excluding carboxylic acids is 1. The SMILES string of the molecule is C.CN.CNC(=O)CO. The standard InChI is InChI=1S/C3H7NO2.CH5N.CH4/c1-4-3(6)2-5;1-2;/h5H,2H2,1H3,(H,4,6);2H2,1H3;1H4. The van der Waals surface area contributed by atoms with Gasteiger partial charge in [-0.3, -0.25) is 4.79 Å². The highest BCUT2D eigenvalue weighted by Gasteiger charge is 1.86. The fourth-order valence-electron chi connectivity index (χ4n) is 0.0791. The summed E-state index contributed by atoms with van der Waals surface area (Å²) in [6.07, 6.45) is 0. The molecule has 58 valence electrons. The number of likely N-dealkylation sites (N-methyl/N-ethyl adjacent to an activating group) is 1. The highest BCUT2D eigenvalue weighted by molar-refractivity contribution is 5.76. The Balaban J connectivity index is -0.000000109. The van der Waals surface area contributed by atoms with E-state index in [1.165, 1.54) is 14.1 Å². The van der Waals surface area contributed by atoms with Crippen molar-refractivity contribution in [1.29, 1.82) is 0 Å². The van der Waals surface area contributed by atoms with Crippen molar-refractivity contribution in [3.05, 3.63) is 0 Å². The van der Waals surface area contributed by atoms with Gasteiger partial charge in [-0.15, -0.1) is 0 Å². The molecule has 9 heavy (non-hydrogen) atoms. The number of carbonyl (C=O) groups is 1. The van der Waals surface area contributed by atoms with Crippen molar-refractivity contribution in [1.82, 2.24) is 5.32 Å². The molecule has 0 saturated heterocycles. The van der Waals surface area contributed by atoms with E-state index in [2.05, 4.69) is 11.1 Å². The Labute approximate surface area is 56.1 Å². The first kappa shape index (κ1) is 15.8. The van der Waals surface area contributed by atoms with Gasteiger partial charge in [-0.05, 0) is 7.05 Å². The van der Waals surface area contributed by atoms with E-state index in [4.69, 9.17) is 5.11 Å². The fraction of sp³-hybridized carbons (Fsp3) is 0.800. The lowest BCUT2D eigenvalue weighted by Crippen LogP contribution is -2.20. The molecule has 0 radical (unpaired) electrons. The van der Waals surface area contributed by atoms with Crippen LogP contribution in [-0.2, 0) is 4.79 Å². The molecule has 0 atom stereocenters. The fourth-order valence-corrected chi connectivity index (χ4v) is 0.0791. The Kier molecular flexibility index (Phi) is 27.4. The molecule has 4 nitrogen and oxygen atoms in total. The quantitative estimate of drug-likeness (QED) is 0.430. The van der Waals surface area contributed by atoms with Gasteiger partial charge in [0.25, 0.3) is 0 Å². The second-order valence-corrected chi connectivity index (χ2v) is 0.831. The normalized spacial score (nSPS) is 5.78. The Bertz CT molecular complexity index is 50.9. The number of nitrogens with one attached hydrogen (secondary N) is 1. The Morgan fingerprint density at radius 1 is 1.67 bits per heavy atom. The zero-order valence-corrected chi connectivity index (χ0v) is 5.14. The first-order chi connectivity index (χ1) is 3.81. The van der Waals surface area contributed by atoms with Crippen LogP contribution in [0.3, 0.4) is 0 Å². The maximum atomic E-state index is 9.82. The zero-order valence-electron chi connectivity index (χ0n) is 5.14. The largest absolute Gasteiger partial charge is 0.387 e. The van der Waals surface area contributed by atoms with Crippen LogP contribution in [0.5, 0.6) is 0 Å². The van der Waals surface area contributed by atoms with Gasteiger partial charge >= 0.3 is 0 Å². The summed E-state index contributed by atoms with van der Waals surface area (Å²) < 4.78 is 0. The molecule has 0 aromatic carbocycles. The monoisotopic (exact) mass is 136 g/mol. The molecule has 0 saturated carbocycles. The predicted molar refractivity (Wildman–Crippen MR) is 38.0 cm³/mol. The van der Waals surface area contributed by atoms with Crippen molar-refractivity contribution in [2.75, 3.05) is 20.7 Å². The average molecular weight is 136 g/mol. The van der Waals surface area contributed by atoms with Crippen molar-refractivity contribution in [2.45, 2.75) is 7.43 Å². The van der Waals surface area contributed by atoms with Gasteiger partial charge < -0.3 is 16.2 Å². The third-order valence-electron chi connectivity index (χ3n) is 0.422. The molecule has 1 amide bonds. The van der Waals surface area contributed by atoms with Gasteiger partial charge in [0.05, 0.1) is 0 Å². The van der Waals surface area contributed by atoms with Crippen LogP contribution in [0, 0.1) is 0 Å². The Morgan fingerprint density at radius 2 is 2.00 bits per heavy atom. The van der Waals surface area contributed by atoms with E-state index in [1.807, 2.05) is 0 Å². The molecule has 0 aromatic rings. The minimum absolute atomic E-state index is 0. The van der Waals surface area contributed by atoms with Gasteiger partial charge in [-0.2, -0.15) is 0 Å². The smallest absolute Gasteiger partial charge is 0.245 e. The molecule has 0 heterocycles. The summed E-state index contributed by atoms with van der Waals surface area (Å²) in [7, 11) is 2.97. The molecule has 4 heteroatoms. The summed E-state index contributed by atoms with van der Waals surface area (Å²) >= 11 is 0.